The molecule has 3 rings (SSSR count). The van der Waals surface area contributed by atoms with Crippen molar-refractivity contribution in [3.05, 3.63) is 57.9 Å². The van der Waals surface area contributed by atoms with Crippen LogP contribution in [-0.4, -0.2) is 11.6 Å². The highest BCUT2D eigenvalue weighted by molar-refractivity contribution is 8.93. The van der Waals surface area contributed by atoms with E-state index in [0.29, 0.717) is 16.7 Å². The number of nitrogens with zero attached hydrogens (tertiary/aromatic N) is 1. The molecule has 1 aromatic heterocycles. The largest absolute Gasteiger partial charge is 0.494 e. The van der Waals surface area contributed by atoms with E-state index in [1.54, 1.807) is 6.07 Å². The number of hydrogen-bond acceptors (Lipinski definition) is 4. The number of rotatable bonds is 5. The highest BCUT2D eigenvalue weighted by Crippen LogP contribution is 2.31. The van der Waals surface area contributed by atoms with E-state index in [-0.39, 0.29) is 17.0 Å². The zero-order chi connectivity index (χ0) is 16.2. The Bertz CT molecular complexity index is 809. The van der Waals surface area contributed by atoms with Gasteiger partial charge in [0.2, 0.25) is 0 Å². The molecule has 0 radical (unpaired) electrons. The predicted octanol–water partition coefficient (Wildman–Crippen LogP) is 6.84. The Morgan fingerprint density at radius 3 is 2.50 bits per heavy atom. The van der Waals surface area contributed by atoms with Crippen LogP contribution in [0.4, 0.5) is 10.8 Å². The molecule has 3 nitrogen and oxygen atoms in total. The smallest absolute Gasteiger partial charge is 0.187 e. The van der Waals surface area contributed by atoms with E-state index in [4.69, 9.17) is 27.9 Å². The van der Waals surface area contributed by atoms with Crippen LogP contribution in [0.15, 0.2) is 47.8 Å². The molecule has 0 fully saturated rings. The van der Waals surface area contributed by atoms with Gasteiger partial charge in [-0.25, -0.2) is 4.98 Å². The van der Waals surface area contributed by atoms with Crippen molar-refractivity contribution in [1.82, 2.24) is 4.98 Å². The summed E-state index contributed by atoms with van der Waals surface area (Å²) in [6.07, 6.45) is 0. The molecule has 126 valence electrons. The van der Waals surface area contributed by atoms with Gasteiger partial charge in [-0.15, -0.1) is 28.3 Å². The van der Waals surface area contributed by atoms with Crippen LogP contribution in [0, 0.1) is 0 Å². The van der Waals surface area contributed by atoms with E-state index >= 15 is 0 Å². The minimum absolute atomic E-state index is 0. The maximum Gasteiger partial charge on any atom is 0.187 e. The highest BCUT2D eigenvalue weighted by atomic mass is 79.9. The second-order valence-corrected chi connectivity index (χ2v) is 6.42. The fourth-order valence-corrected chi connectivity index (χ4v) is 3.08. The summed E-state index contributed by atoms with van der Waals surface area (Å²) in [5, 5.41) is 7.15. The molecule has 0 aliphatic heterocycles. The molecule has 24 heavy (non-hydrogen) atoms. The van der Waals surface area contributed by atoms with Gasteiger partial charge in [0.15, 0.2) is 5.13 Å². The van der Waals surface area contributed by atoms with Crippen molar-refractivity contribution in [2.45, 2.75) is 6.92 Å². The molecule has 0 atom stereocenters. The molecule has 7 heteroatoms. The summed E-state index contributed by atoms with van der Waals surface area (Å²) in [6.45, 7) is 2.62. The summed E-state index contributed by atoms with van der Waals surface area (Å²) in [4.78, 5) is 4.58. The van der Waals surface area contributed by atoms with Gasteiger partial charge in [0.05, 0.1) is 22.3 Å². The molecule has 2 aromatic carbocycles. The predicted molar refractivity (Wildman–Crippen MR) is 109 cm³/mol. The lowest BCUT2D eigenvalue weighted by Crippen LogP contribution is -1.92. The van der Waals surface area contributed by atoms with E-state index in [2.05, 4.69) is 10.3 Å². The van der Waals surface area contributed by atoms with Gasteiger partial charge in [0.1, 0.15) is 5.75 Å². The molecule has 0 saturated carbocycles. The Balaban J connectivity index is 0.00000208. The van der Waals surface area contributed by atoms with Gasteiger partial charge in [-0.05, 0) is 43.3 Å². The second kappa shape index (κ2) is 8.72. The monoisotopic (exact) mass is 444 g/mol. The maximum atomic E-state index is 6.06. The zero-order valence-corrected chi connectivity index (χ0v) is 16.8. The molecule has 0 saturated heterocycles. The second-order valence-electron chi connectivity index (χ2n) is 4.75. The average molecular weight is 446 g/mol. The van der Waals surface area contributed by atoms with Crippen LogP contribution in [0.5, 0.6) is 5.75 Å². The van der Waals surface area contributed by atoms with Crippen LogP contribution in [0.1, 0.15) is 6.92 Å². The van der Waals surface area contributed by atoms with E-state index in [9.17, 15) is 0 Å². The highest BCUT2D eigenvalue weighted by Gasteiger charge is 2.07. The Morgan fingerprint density at radius 1 is 1.08 bits per heavy atom. The third-order valence-electron chi connectivity index (χ3n) is 3.14. The Labute approximate surface area is 165 Å². The van der Waals surface area contributed by atoms with Crippen molar-refractivity contribution in [2.75, 3.05) is 11.9 Å². The molecule has 1 N–H and O–H groups in total. The van der Waals surface area contributed by atoms with Crippen molar-refractivity contribution in [3.8, 4) is 17.0 Å². The van der Waals surface area contributed by atoms with Crippen molar-refractivity contribution < 1.29 is 4.74 Å². The van der Waals surface area contributed by atoms with Gasteiger partial charge >= 0.3 is 0 Å². The van der Waals surface area contributed by atoms with Crippen LogP contribution in [-0.2, 0) is 0 Å². The standard InChI is InChI=1S/C17H14Cl2N2OS.BrH/c1-2-22-13-6-4-12(5-7-13)20-17-21-16(10-23-17)11-3-8-14(18)15(19)9-11;/h3-10H,2H2,1H3,(H,20,21);1H. The van der Waals surface area contributed by atoms with E-state index in [1.807, 2.05) is 48.7 Å². The average Bonchev–Trinajstić information content (AvgIpc) is 3.01. The lowest BCUT2D eigenvalue weighted by molar-refractivity contribution is 0.340. The summed E-state index contributed by atoms with van der Waals surface area (Å²) in [6, 6.07) is 13.3. The van der Waals surface area contributed by atoms with Crippen molar-refractivity contribution in [1.29, 1.82) is 0 Å². The zero-order valence-electron chi connectivity index (χ0n) is 12.8. The summed E-state index contributed by atoms with van der Waals surface area (Å²) < 4.78 is 5.43. The first-order chi connectivity index (χ1) is 11.2. The number of aromatic nitrogens is 1. The minimum Gasteiger partial charge on any atom is -0.494 e. The van der Waals surface area contributed by atoms with Gasteiger partial charge < -0.3 is 10.1 Å². The van der Waals surface area contributed by atoms with Gasteiger partial charge in [-0.2, -0.15) is 0 Å². The summed E-state index contributed by atoms with van der Waals surface area (Å²) in [5.74, 6) is 0.855. The Hall–Kier alpha value is -1.27. The number of halogens is 3. The van der Waals surface area contributed by atoms with Gasteiger partial charge in [0, 0.05) is 16.6 Å². The van der Waals surface area contributed by atoms with Crippen LogP contribution in [0.2, 0.25) is 10.0 Å². The number of nitrogens with one attached hydrogen (secondary N) is 1. The molecule has 0 amide bonds. The summed E-state index contributed by atoms with van der Waals surface area (Å²) in [5.41, 5.74) is 2.76. The molecular formula is C17H15BrCl2N2OS. The lowest BCUT2D eigenvalue weighted by Gasteiger charge is -2.05. The van der Waals surface area contributed by atoms with Crippen LogP contribution < -0.4 is 10.1 Å². The number of benzene rings is 2. The van der Waals surface area contributed by atoms with E-state index in [0.717, 1.165) is 27.8 Å². The Morgan fingerprint density at radius 2 is 1.83 bits per heavy atom. The first kappa shape index (κ1) is 19.1. The van der Waals surface area contributed by atoms with E-state index in [1.165, 1.54) is 11.3 Å². The summed E-state index contributed by atoms with van der Waals surface area (Å²) >= 11 is 13.5. The molecule has 3 aromatic rings. The first-order valence-electron chi connectivity index (χ1n) is 7.06. The molecule has 0 bridgehead atoms. The quantitative estimate of drug-likeness (QED) is 0.466. The molecule has 0 unspecified atom stereocenters. The third kappa shape index (κ3) is 4.63. The Kier molecular flexibility index (Phi) is 6.92. The topological polar surface area (TPSA) is 34.1 Å². The number of hydrogen-bond donors (Lipinski definition) is 1. The van der Waals surface area contributed by atoms with Crippen LogP contribution >= 0.6 is 51.5 Å². The normalized spacial score (nSPS) is 10.1. The fourth-order valence-electron chi connectivity index (χ4n) is 2.04. The van der Waals surface area contributed by atoms with Gasteiger partial charge in [0.25, 0.3) is 0 Å². The molecule has 0 spiro atoms. The van der Waals surface area contributed by atoms with Crippen molar-refractivity contribution in [3.63, 3.8) is 0 Å². The number of ether oxygens (including phenoxy) is 1. The fraction of sp³-hybridized carbons (Fsp3) is 0.118. The van der Waals surface area contributed by atoms with Crippen molar-refractivity contribution >= 4 is 62.3 Å². The minimum atomic E-state index is 0. The van der Waals surface area contributed by atoms with Gasteiger partial charge in [-0.1, -0.05) is 29.3 Å². The van der Waals surface area contributed by atoms with Gasteiger partial charge in [-0.3, -0.25) is 0 Å². The molecule has 0 aliphatic rings. The van der Waals surface area contributed by atoms with E-state index < -0.39 is 0 Å². The molecule has 0 aliphatic carbocycles. The van der Waals surface area contributed by atoms with Crippen molar-refractivity contribution in [2.24, 2.45) is 0 Å². The lowest BCUT2D eigenvalue weighted by atomic mass is 10.2. The SMILES string of the molecule is Br.CCOc1ccc(Nc2nc(-c3ccc(Cl)c(Cl)c3)cs2)cc1. The summed E-state index contributed by atoms with van der Waals surface area (Å²) in [7, 11) is 0. The van der Waals surface area contributed by atoms with Crippen LogP contribution in [0.3, 0.4) is 0 Å². The van der Waals surface area contributed by atoms with Crippen LogP contribution in [0.25, 0.3) is 11.3 Å². The third-order valence-corrected chi connectivity index (χ3v) is 4.63. The first-order valence-corrected chi connectivity index (χ1v) is 8.70. The molecular weight excluding hydrogens is 431 g/mol. The number of anilines is 2. The molecule has 1 heterocycles. The maximum absolute atomic E-state index is 6.06. The number of thiazole rings is 1.